The van der Waals surface area contributed by atoms with Gasteiger partial charge in [0.25, 0.3) is 0 Å². The first-order valence-corrected chi connectivity index (χ1v) is 27.2. The number of aliphatic hydroxyl groups excluding tert-OH is 3. The molecular weight excluding hydrogens is 931 g/mol. The van der Waals surface area contributed by atoms with Crippen molar-refractivity contribution in [3.63, 3.8) is 0 Å². The van der Waals surface area contributed by atoms with Crippen molar-refractivity contribution < 1.29 is 53.4 Å². The van der Waals surface area contributed by atoms with Crippen molar-refractivity contribution in [1.82, 2.24) is 15.3 Å². The largest absolute Gasteiger partial charge is 0.458 e. The Morgan fingerprint density at radius 1 is 0.757 bits per heavy atom. The molecule has 14 atom stereocenters. The molecule has 70 heavy (non-hydrogen) atoms. The number of esters is 1. The van der Waals surface area contributed by atoms with Gasteiger partial charge in [-0.05, 0) is 95.4 Å². The van der Waals surface area contributed by atoms with Gasteiger partial charge in [-0.3, -0.25) is 19.2 Å². The summed E-state index contributed by atoms with van der Waals surface area (Å²) < 4.78 is 25.3. The van der Waals surface area contributed by atoms with Crippen LogP contribution in [-0.4, -0.2) is 109 Å². The van der Waals surface area contributed by atoms with Gasteiger partial charge in [0.15, 0.2) is 0 Å². The fourth-order valence-electron chi connectivity index (χ4n) is 10.7. The number of aryl methyl sites for hydroxylation is 1. The van der Waals surface area contributed by atoms with Crippen molar-refractivity contribution in [2.45, 2.75) is 221 Å². The minimum absolute atomic E-state index is 0.0465. The maximum Gasteiger partial charge on any atom is 0.309 e. The maximum absolute atomic E-state index is 14.4. The molecule has 4 aliphatic rings. The van der Waals surface area contributed by atoms with E-state index in [1.165, 1.54) is 11.3 Å². The average molecular weight is 1010 g/mol. The summed E-state index contributed by atoms with van der Waals surface area (Å²) in [5.74, 6) is -2.99. The van der Waals surface area contributed by atoms with Gasteiger partial charge < -0.3 is 39.6 Å². The van der Waals surface area contributed by atoms with E-state index in [1.807, 2.05) is 57.5 Å². The molecule has 0 aliphatic carbocycles. The Labute approximate surface area is 423 Å². The zero-order valence-electron chi connectivity index (χ0n) is 43.8. The number of carbonyl (C=O) groups is 4. The van der Waals surface area contributed by atoms with Crippen LogP contribution in [0.25, 0.3) is 12.2 Å². The van der Waals surface area contributed by atoms with E-state index in [-0.39, 0.29) is 66.3 Å². The second-order valence-corrected chi connectivity index (χ2v) is 24.8. The summed E-state index contributed by atoms with van der Waals surface area (Å²) in [4.78, 5) is 64.7. The fourth-order valence-corrected chi connectivity index (χ4v) is 12.0. The van der Waals surface area contributed by atoms with E-state index in [9.17, 15) is 34.5 Å². The predicted molar refractivity (Wildman–Crippen MR) is 272 cm³/mol. The number of Topliss-reactive ketones (excluding diaryl/α,β-unsaturated/α-hetero) is 2. The number of amides is 1. The molecule has 4 N–H and O–H groups in total. The Morgan fingerprint density at radius 2 is 1.30 bits per heavy atom. The number of nitrogens with zero attached hydrogens (tertiary/aromatic N) is 2. The van der Waals surface area contributed by atoms with Gasteiger partial charge in [-0.25, -0.2) is 9.97 Å². The van der Waals surface area contributed by atoms with Crippen LogP contribution in [0.5, 0.6) is 0 Å². The Bertz CT molecular complexity index is 2250. The topological polar surface area (TPSA) is 210 Å². The van der Waals surface area contributed by atoms with E-state index in [1.54, 1.807) is 46.0 Å². The number of carbonyl (C=O) groups excluding carboxylic acids is 4. The molecule has 0 spiro atoms. The van der Waals surface area contributed by atoms with Crippen molar-refractivity contribution in [1.29, 1.82) is 0 Å². The minimum atomic E-state index is -1.30. The molecule has 4 aliphatic heterocycles. The lowest BCUT2D eigenvalue weighted by Gasteiger charge is -2.36. The summed E-state index contributed by atoms with van der Waals surface area (Å²) in [6, 6.07) is -0.440. The van der Waals surface area contributed by atoms with Crippen molar-refractivity contribution in [3.05, 3.63) is 43.3 Å². The molecule has 1 amide bonds. The lowest BCUT2D eigenvalue weighted by Crippen LogP contribution is -2.47. The van der Waals surface area contributed by atoms with Crippen LogP contribution in [0.3, 0.4) is 0 Å². The molecule has 2 aromatic heterocycles. The molecule has 0 saturated carbocycles. The summed E-state index contributed by atoms with van der Waals surface area (Å²) in [6.07, 6.45) is 4.11. The fraction of sp³-hybridized carbons (Fsp3) is 0.741. The highest BCUT2D eigenvalue weighted by Crippen LogP contribution is 2.46. The molecule has 14 nitrogen and oxygen atoms in total. The lowest BCUT2D eigenvalue weighted by atomic mass is 9.72. The van der Waals surface area contributed by atoms with Gasteiger partial charge in [-0.15, -0.1) is 22.7 Å². The van der Waals surface area contributed by atoms with E-state index in [0.717, 1.165) is 60.4 Å². The SMILES string of the molecule is CC(=Cc1csc(COC2C(C)CCCC3(C)OC3CC(C(C)=Cc3csc(C)n3)OC(=O)CC(O)C(C)(C)C(=O)C2C)n1)C1CC2OC2(C)CCCC(C)C(O)C(C)C(=O)C(C)(C)C(O)CC(=O)N1. The zero-order valence-corrected chi connectivity index (χ0v) is 45.5. The van der Waals surface area contributed by atoms with Gasteiger partial charge in [-0.2, -0.15) is 0 Å². The van der Waals surface area contributed by atoms with Crippen LogP contribution in [0.15, 0.2) is 21.9 Å². The third-order valence-electron chi connectivity index (χ3n) is 16.3. The number of hydrogen-bond donors (Lipinski definition) is 4. The Hall–Kier alpha value is -3.22. The van der Waals surface area contributed by atoms with E-state index >= 15 is 0 Å². The van der Waals surface area contributed by atoms with Gasteiger partial charge in [0.05, 0.1) is 101 Å². The van der Waals surface area contributed by atoms with Crippen LogP contribution in [0.1, 0.15) is 169 Å². The number of ketones is 2. The van der Waals surface area contributed by atoms with Gasteiger partial charge in [0.2, 0.25) is 5.91 Å². The van der Waals surface area contributed by atoms with Crippen LogP contribution in [0.2, 0.25) is 0 Å². The molecule has 16 heteroatoms. The monoisotopic (exact) mass is 1010 g/mol. The number of aromatic nitrogens is 2. The number of aliphatic hydroxyl groups is 3. The van der Waals surface area contributed by atoms with Crippen LogP contribution >= 0.6 is 22.7 Å². The quantitative estimate of drug-likeness (QED) is 0.151. The third kappa shape index (κ3) is 13.5. The normalized spacial score (nSPS) is 37.7. The molecule has 2 aromatic rings. The predicted octanol–water partition coefficient (Wildman–Crippen LogP) is 8.76. The standard InChI is InChI=1S/C54H81N3O11S2/c1-29-16-14-18-53(12)42(67-53)22-38(57-44(60)24-40(58)51(8,9)49(63)33(5)47(29)62)31(3)20-37-28-70-45(56-37)26-65-48-30(2)17-15-19-54(13)43(68-54)23-39(32(4)21-36-27-69-35(7)55-36)66-46(61)25-41(59)52(10,11)50(64)34(48)6/h20-21,27-30,33-34,38-43,47-48,58-59,62H,14-19,22-26H2,1-13H3,(H,57,60). The minimum Gasteiger partial charge on any atom is -0.458 e. The van der Waals surface area contributed by atoms with E-state index in [4.69, 9.17) is 23.9 Å². The molecule has 0 radical (unpaired) electrons. The van der Waals surface area contributed by atoms with E-state index < -0.39 is 71.1 Å². The van der Waals surface area contributed by atoms with Crippen molar-refractivity contribution >= 4 is 58.3 Å². The summed E-state index contributed by atoms with van der Waals surface area (Å²) in [5, 5.41) is 42.6. The van der Waals surface area contributed by atoms with Gasteiger partial charge in [0, 0.05) is 35.4 Å². The highest BCUT2D eigenvalue weighted by atomic mass is 32.1. The lowest BCUT2D eigenvalue weighted by molar-refractivity contribution is -0.155. The Balaban J connectivity index is 1.16. The number of thiazole rings is 2. The smallest absolute Gasteiger partial charge is 0.309 e. The number of hydrogen-bond acceptors (Lipinski definition) is 15. The number of epoxide rings is 2. The van der Waals surface area contributed by atoms with Crippen LogP contribution in [0.4, 0.5) is 0 Å². The highest BCUT2D eigenvalue weighted by molar-refractivity contribution is 7.10. The van der Waals surface area contributed by atoms with E-state index in [0.29, 0.717) is 23.5 Å². The maximum atomic E-state index is 14.4. The summed E-state index contributed by atoms with van der Waals surface area (Å²) in [7, 11) is 0. The summed E-state index contributed by atoms with van der Waals surface area (Å²) in [5.41, 5.74) is -0.164. The zero-order chi connectivity index (χ0) is 51.7. The second-order valence-electron chi connectivity index (χ2n) is 22.8. The molecule has 6 heterocycles. The molecule has 0 bridgehead atoms. The summed E-state index contributed by atoms with van der Waals surface area (Å²) in [6.45, 7) is 24.3. The molecule has 4 saturated heterocycles. The molecule has 0 aromatic carbocycles. The first kappa shape index (κ1) is 56.1. The molecule has 390 valence electrons. The van der Waals surface area contributed by atoms with Crippen LogP contribution < -0.4 is 5.32 Å². The third-order valence-corrected chi connectivity index (χ3v) is 17.9. The second kappa shape index (κ2) is 22.5. The molecule has 14 unspecified atom stereocenters. The van der Waals surface area contributed by atoms with Crippen LogP contribution in [0, 0.1) is 41.4 Å². The number of rotatable bonds is 7. The number of cyclic esters (lactones) is 1. The number of fused-ring (bicyclic) bond motifs is 2. The number of ether oxygens (including phenoxy) is 4. The van der Waals surface area contributed by atoms with Crippen molar-refractivity contribution in [2.24, 2.45) is 34.5 Å². The highest BCUT2D eigenvalue weighted by Gasteiger charge is 2.54. The summed E-state index contributed by atoms with van der Waals surface area (Å²) >= 11 is 2.98. The van der Waals surface area contributed by atoms with Gasteiger partial charge in [-0.1, -0.05) is 68.2 Å². The Kier molecular flexibility index (Phi) is 18.0. The first-order chi connectivity index (χ1) is 32.6. The van der Waals surface area contributed by atoms with Gasteiger partial charge in [0.1, 0.15) is 22.7 Å². The number of nitrogens with one attached hydrogen (secondary N) is 1. The molecule has 6 rings (SSSR count). The molecular formula is C54H81N3O11S2. The van der Waals surface area contributed by atoms with Crippen LogP contribution in [-0.2, 0) is 44.7 Å². The van der Waals surface area contributed by atoms with Crippen molar-refractivity contribution in [2.75, 3.05) is 0 Å². The Morgan fingerprint density at radius 3 is 1.91 bits per heavy atom. The van der Waals surface area contributed by atoms with Gasteiger partial charge >= 0.3 is 5.97 Å². The molecule has 4 fully saturated rings. The van der Waals surface area contributed by atoms with E-state index in [2.05, 4.69) is 31.1 Å². The average Bonchev–Trinajstić information content (AvgIpc) is 3.92. The van der Waals surface area contributed by atoms with Crippen molar-refractivity contribution in [3.8, 4) is 0 Å². The first-order valence-electron chi connectivity index (χ1n) is 25.5.